The van der Waals surface area contributed by atoms with Crippen LogP contribution >= 0.6 is 11.8 Å². The van der Waals surface area contributed by atoms with E-state index in [1.807, 2.05) is 36.4 Å². The molecule has 0 aliphatic heterocycles. The first kappa shape index (κ1) is 24.1. The van der Waals surface area contributed by atoms with Crippen LogP contribution in [0.3, 0.4) is 0 Å². The third-order valence-electron chi connectivity index (χ3n) is 5.35. The quantitative estimate of drug-likeness (QED) is 0.327. The number of nitrogens with zero attached hydrogens (tertiary/aromatic N) is 3. The summed E-state index contributed by atoms with van der Waals surface area (Å²) in [6, 6.07) is 15.0. The normalized spacial score (nSPS) is 12.2. The number of thioether (sulfide) groups is 1. The summed E-state index contributed by atoms with van der Waals surface area (Å²) in [6.07, 6.45) is 2.17. The lowest BCUT2D eigenvalue weighted by atomic mass is 10.1. The van der Waals surface area contributed by atoms with Gasteiger partial charge in [-0.05, 0) is 68.6 Å². The van der Waals surface area contributed by atoms with Crippen LogP contribution in [0.2, 0.25) is 0 Å². The highest BCUT2D eigenvalue weighted by molar-refractivity contribution is 7.99. The molecule has 3 rings (SSSR count). The molecule has 32 heavy (non-hydrogen) atoms. The molecule has 0 fully saturated rings. The van der Waals surface area contributed by atoms with Crippen molar-refractivity contribution in [3.05, 3.63) is 60.0 Å². The van der Waals surface area contributed by atoms with Gasteiger partial charge in [0.1, 0.15) is 16.7 Å². The van der Waals surface area contributed by atoms with Crippen molar-refractivity contribution in [1.82, 2.24) is 15.1 Å². The lowest BCUT2D eigenvalue weighted by molar-refractivity contribution is 0.266. The zero-order chi connectivity index (χ0) is 22.8. The molecule has 0 spiro atoms. The highest BCUT2D eigenvalue weighted by Crippen LogP contribution is 2.39. The minimum absolute atomic E-state index is 0.207. The first-order chi connectivity index (χ1) is 15.7. The number of hydrogen-bond donors (Lipinski definition) is 1. The van der Waals surface area contributed by atoms with Crippen LogP contribution in [-0.4, -0.2) is 52.2 Å². The van der Waals surface area contributed by atoms with Crippen molar-refractivity contribution in [3.63, 3.8) is 0 Å². The summed E-state index contributed by atoms with van der Waals surface area (Å²) < 4.78 is 11.9. The largest absolute Gasteiger partial charge is 0.508 e. The SMILES string of the molecule is CCSC(c1nnc(-c2ccc(OCCCCN(CC)CC)cc2)o1)c1ccccc1O. The molecule has 1 atom stereocenters. The van der Waals surface area contributed by atoms with Gasteiger partial charge in [-0.15, -0.1) is 22.0 Å². The standard InChI is InChI=1S/C25H33N3O3S/c1-4-28(5-2)17-9-10-18-30-20-15-13-19(14-16-20)24-26-27-25(31-24)23(32-6-3)21-11-7-8-12-22(21)29/h7-8,11-16,23,29H,4-6,9-10,17-18H2,1-3H3. The Hall–Kier alpha value is -2.51. The second kappa shape index (κ2) is 12.5. The lowest BCUT2D eigenvalue weighted by Crippen LogP contribution is -2.24. The minimum atomic E-state index is -0.207. The zero-order valence-corrected chi connectivity index (χ0v) is 20.0. The predicted molar refractivity (Wildman–Crippen MR) is 130 cm³/mol. The molecule has 0 aliphatic carbocycles. The molecule has 0 bridgehead atoms. The van der Waals surface area contributed by atoms with Crippen molar-refractivity contribution in [3.8, 4) is 23.0 Å². The molecule has 6 nitrogen and oxygen atoms in total. The third-order valence-corrected chi connectivity index (χ3v) is 6.47. The number of hydrogen-bond acceptors (Lipinski definition) is 7. The Morgan fingerprint density at radius 3 is 2.44 bits per heavy atom. The van der Waals surface area contributed by atoms with Crippen LogP contribution in [-0.2, 0) is 0 Å². The van der Waals surface area contributed by atoms with E-state index in [1.54, 1.807) is 23.9 Å². The summed E-state index contributed by atoms with van der Waals surface area (Å²) in [4.78, 5) is 2.43. The van der Waals surface area contributed by atoms with Crippen LogP contribution < -0.4 is 4.74 Å². The van der Waals surface area contributed by atoms with E-state index in [0.717, 1.165) is 55.1 Å². The van der Waals surface area contributed by atoms with Gasteiger partial charge in [0.25, 0.3) is 0 Å². The first-order valence-electron chi connectivity index (χ1n) is 11.3. The van der Waals surface area contributed by atoms with Crippen LogP contribution in [0.15, 0.2) is 52.9 Å². The van der Waals surface area contributed by atoms with Gasteiger partial charge in [0.05, 0.1) is 6.61 Å². The Balaban J connectivity index is 1.59. The summed E-state index contributed by atoms with van der Waals surface area (Å²) in [5.41, 5.74) is 1.62. The van der Waals surface area contributed by atoms with Crippen molar-refractivity contribution < 1.29 is 14.3 Å². The zero-order valence-electron chi connectivity index (χ0n) is 19.2. The summed E-state index contributed by atoms with van der Waals surface area (Å²) in [5.74, 6) is 2.88. The van der Waals surface area contributed by atoms with Crippen molar-refractivity contribution in [1.29, 1.82) is 0 Å². The summed E-state index contributed by atoms with van der Waals surface area (Å²) in [5, 5.41) is 18.6. The number of benzene rings is 2. The molecule has 2 aromatic carbocycles. The maximum atomic E-state index is 10.3. The lowest BCUT2D eigenvalue weighted by Gasteiger charge is -2.17. The Morgan fingerprint density at radius 1 is 1.00 bits per heavy atom. The molecule has 0 aliphatic rings. The molecule has 1 heterocycles. The van der Waals surface area contributed by atoms with Crippen LogP contribution in [0.1, 0.15) is 50.3 Å². The molecular weight excluding hydrogens is 422 g/mol. The molecule has 7 heteroatoms. The fourth-order valence-electron chi connectivity index (χ4n) is 3.49. The van der Waals surface area contributed by atoms with Gasteiger partial charge in [-0.3, -0.25) is 0 Å². The first-order valence-corrected chi connectivity index (χ1v) is 12.4. The van der Waals surface area contributed by atoms with Gasteiger partial charge >= 0.3 is 0 Å². The van der Waals surface area contributed by atoms with Gasteiger partial charge in [-0.25, -0.2) is 0 Å². The van der Waals surface area contributed by atoms with E-state index in [1.165, 1.54) is 0 Å². The fraction of sp³-hybridized carbons (Fsp3) is 0.440. The van der Waals surface area contributed by atoms with Gasteiger partial charge in [-0.1, -0.05) is 39.0 Å². The van der Waals surface area contributed by atoms with Crippen LogP contribution in [0.4, 0.5) is 0 Å². The fourth-order valence-corrected chi connectivity index (χ4v) is 4.44. The summed E-state index contributed by atoms with van der Waals surface area (Å²) >= 11 is 1.65. The Bertz CT molecular complexity index is 942. The second-order valence-corrected chi connectivity index (χ2v) is 8.83. The molecule has 1 aromatic heterocycles. The summed E-state index contributed by atoms with van der Waals surface area (Å²) in [6.45, 7) is 10.5. The maximum Gasteiger partial charge on any atom is 0.247 e. The highest BCUT2D eigenvalue weighted by Gasteiger charge is 2.23. The number of para-hydroxylation sites is 1. The molecule has 0 radical (unpaired) electrons. The Kier molecular flexibility index (Phi) is 9.43. The highest BCUT2D eigenvalue weighted by atomic mass is 32.2. The topological polar surface area (TPSA) is 71.6 Å². The molecule has 0 saturated carbocycles. The van der Waals surface area contributed by atoms with E-state index in [-0.39, 0.29) is 11.0 Å². The third kappa shape index (κ3) is 6.50. The predicted octanol–water partition coefficient (Wildman–Crippen LogP) is 5.79. The van der Waals surface area contributed by atoms with E-state index < -0.39 is 0 Å². The van der Waals surface area contributed by atoms with Gasteiger partial charge in [0, 0.05) is 11.1 Å². The molecule has 172 valence electrons. The molecule has 1 N–H and O–H groups in total. The number of phenolic OH excluding ortho intramolecular Hbond substituents is 1. The van der Waals surface area contributed by atoms with E-state index in [9.17, 15) is 5.11 Å². The number of aromatic nitrogens is 2. The average molecular weight is 456 g/mol. The number of ether oxygens (including phenoxy) is 1. The second-order valence-electron chi connectivity index (χ2n) is 7.45. The van der Waals surface area contributed by atoms with Crippen LogP contribution in [0, 0.1) is 0 Å². The van der Waals surface area contributed by atoms with E-state index in [0.29, 0.717) is 18.4 Å². The molecule has 0 amide bonds. The van der Waals surface area contributed by atoms with E-state index in [2.05, 4.69) is 35.9 Å². The van der Waals surface area contributed by atoms with Crippen molar-refractivity contribution in [2.24, 2.45) is 0 Å². The Morgan fingerprint density at radius 2 is 1.75 bits per heavy atom. The van der Waals surface area contributed by atoms with Crippen molar-refractivity contribution in [2.45, 2.75) is 38.9 Å². The van der Waals surface area contributed by atoms with Gasteiger partial charge in [0.15, 0.2) is 0 Å². The average Bonchev–Trinajstić information content (AvgIpc) is 3.31. The molecule has 3 aromatic rings. The van der Waals surface area contributed by atoms with Gasteiger partial charge in [-0.2, -0.15) is 0 Å². The Labute approximate surface area is 195 Å². The maximum absolute atomic E-state index is 10.3. The number of aromatic hydroxyl groups is 1. The molecular formula is C25H33N3O3S. The molecule has 0 saturated heterocycles. The number of unbranched alkanes of at least 4 members (excludes halogenated alkanes) is 1. The van der Waals surface area contributed by atoms with Crippen molar-refractivity contribution >= 4 is 11.8 Å². The molecule has 1 unspecified atom stereocenters. The summed E-state index contributed by atoms with van der Waals surface area (Å²) in [7, 11) is 0. The smallest absolute Gasteiger partial charge is 0.247 e. The van der Waals surface area contributed by atoms with Gasteiger partial charge in [0.2, 0.25) is 11.8 Å². The van der Waals surface area contributed by atoms with Crippen LogP contribution in [0.25, 0.3) is 11.5 Å². The number of phenols is 1. The monoisotopic (exact) mass is 455 g/mol. The van der Waals surface area contributed by atoms with Gasteiger partial charge < -0.3 is 19.2 Å². The number of rotatable bonds is 13. The van der Waals surface area contributed by atoms with Crippen molar-refractivity contribution in [2.75, 3.05) is 32.0 Å². The van der Waals surface area contributed by atoms with E-state index in [4.69, 9.17) is 9.15 Å². The van der Waals surface area contributed by atoms with Crippen LogP contribution in [0.5, 0.6) is 11.5 Å². The minimum Gasteiger partial charge on any atom is -0.508 e. The van der Waals surface area contributed by atoms with E-state index >= 15 is 0 Å².